The number of carbonyl (C=O) groups excluding carboxylic acids is 1. The zero-order valence-corrected chi connectivity index (χ0v) is 12.3. The van der Waals surface area contributed by atoms with Crippen molar-refractivity contribution in [2.24, 2.45) is 0 Å². The van der Waals surface area contributed by atoms with E-state index in [0.29, 0.717) is 10.6 Å². The molecule has 3 N–H and O–H groups in total. The highest BCUT2D eigenvalue weighted by Gasteiger charge is 2.15. The van der Waals surface area contributed by atoms with Crippen LogP contribution in [0.25, 0.3) is 0 Å². The lowest BCUT2D eigenvalue weighted by atomic mass is 10.2. The molecule has 0 bridgehead atoms. The largest absolute Gasteiger partial charge is 0.384 e. The molecule has 0 unspecified atom stereocenters. The Kier molecular flexibility index (Phi) is 4.23. The van der Waals surface area contributed by atoms with Crippen LogP contribution >= 0.6 is 11.3 Å². The highest BCUT2D eigenvalue weighted by Crippen LogP contribution is 2.23. The Morgan fingerprint density at radius 3 is 2.85 bits per heavy atom. The summed E-state index contributed by atoms with van der Waals surface area (Å²) in [5, 5.41) is 18.4. The number of nitrogens with zero attached hydrogens (tertiary/aromatic N) is 1. The molecule has 0 aromatic carbocycles. The number of amides is 1. The number of rotatable bonds is 2. The van der Waals surface area contributed by atoms with E-state index in [1.807, 2.05) is 20.8 Å². The number of H-pyrrole nitrogens is 1. The zero-order valence-electron chi connectivity index (χ0n) is 11.5. The van der Waals surface area contributed by atoms with Crippen molar-refractivity contribution >= 4 is 22.9 Å². The molecule has 0 fully saturated rings. The molecule has 6 heteroatoms. The number of aliphatic hydroxyl groups is 1. The first-order valence-electron chi connectivity index (χ1n) is 6.06. The van der Waals surface area contributed by atoms with Gasteiger partial charge in [0.15, 0.2) is 0 Å². The van der Waals surface area contributed by atoms with Crippen molar-refractivity contribution in [2.45, 2.75) is 20.8 Å². The first-order valence-corrected chi connectivity index (χ1v) is 6.87. The lowest BCUT2D eigenvalue weighted by molar-refractivity contribution is 0.103. The molecule has 2 heterocycles. The number of hydrogen-bond donors (Lipinski definition) is 3. The van der Waals surface area contributed by atoms with Gasteiger partial charge in [0, 0.05) is 0 Å². The van der Waals surface area contributed by atoms with Crippen LogP contribution < -0.4 is 5.32 Å². The molecule has 0 saturated heterocycles. The SMILES string of the molecule is Cc1cc(C(=O)Nc2c(C)n[nH]c2C)sc1C#CCO. The fourth-order valence-electron chi connectivity index (χ4n) is 1.75. The molecule has 2 rings (SSSR count). The molecule has 20 heavy (non-hydrogen) atoms. The van der Waals surface area contributed by atoms with Crippen LogP contribution in [0.5, 0.6) is 0 Å². The van der Waals surface area contributed by atoms with Crippen molar-refractivity contribution in [3.63, 3.8) is 0 Å². The Morgan fingerprint density at radius 2 is 2.25 bits per heavy atom. The van der Waals surface area contributed by atoms with Crippen LogP contribution in [0, 0.1) is 32.6 Å². The highest BCUT2D eigenvalue weighted by atomic mass is 32.1. The van der Waals surface area contributed by atoms with Crippen LogP contribution in [0.3, 0.4) is 0 Å². The third-order valence-corrected chi connectivity index (χ3v) is 3.94. The second kappa shape index (κ2) is 5.90. The Morgan fingerprint density at radius 1 is 1.50 bits per heavy atom. The molecule has 0 spiro atoms. The van der Waals surface area contributed by atoms with Gasteiger partial charge in [-0.15, -0.1) is 11.3 Å². The number of aliphatic hydroxyl groups excluding tert-OH is 1. The lowest BCUT2D eigenvalue weighted by Gasteiger charge is -2.02. The highest BCUT2D eigenvalue weighted by molar-refractivity contribution is 7.14. The van der Waals surface area contributed by atoms with Gasteiger partial charge in [-0.3, -0.25) is 9.89 Å². The van der Waals surface area contributed by atoms with Crippen LogP contribution in [0.2, 0.25) is 0 Å². The van der Waals surface area contributed by atoms with Crippen LogP contribution in [0.1, 0.15) is 31.5 Å². The second-order valence-electron chi connectivity index (χ2n) is 4.35. The smallest absolute Gasteiger partial charge is 0.265 e. The van der Waals surface area contributed by atoms with Crippen molar-refractivity contribution in [3.8, 4) is 11.8 Å². The normalized spacial score (nSPS) is 10.0. The van der Waals surface area contributed by atoms with Gasteiger partial charge in [0.2, 0.25) is 0 Å². The van der Waals surface area contributed by atoms with Gasteiger partial charge in [-0.1, -0.05) is 11.8 Å². The van der Waals surface area contributed by atoms with Gasteiger partial charge in [-0.25, -0.2) is 0 Å². The summed E-state index contributed by atoms with van der Waals surface area (Å²) in [6.07, 6.45) is 0. The van der Waals surface area contributed by atoms with E-state index in [1.165, 1.54) is 11.3 Å². The standard InChI is InChI=1S/C14H15N3O2S/c1-8-7-12(20-11(8)5-4-6-18)14(19)15-13-9(2)16-17-10(13)3/h7,18H,6H2,1-3H3,(H,15,19)(H,16,17). The van der Waals surface area contributed by atoms with Gasteiger partial charge < -0.3 is 10.4 Å². The molecule has 2 aromatic rings. The number of aromatic nitrogens is 2. The summed E-state index contributed by atoms with van der Waals surface area (Å²) in [4.78, 5) is 13.6. The number of thiophene rings is 1. The molecule has 0 saturated carbocycles. The van der Waals surface area contributed by atoms with Crippen molar-refractivity contribution in [1.29, 1.82) is 0 Å². The number of carbonyl (C=O) groups is 1. The monoisotopic (exact) mass is 289 g/mol. The van der Waals surface area contributed by atoms with Gasteiger partial charge >= 0.3 is 0 Å². The van der Waals surface area contributed by atoms with Crippen LogP contribution in [0.15, 0.2) is 6.07 Å². The summed E-state index contributed by atoms with van der Waals surface area (Å²) in [6, 6.07) is 1.80. The quantitative estimate of drug-likeness (QED) is 0.740. The van der Waals surface area contributed by atoms with Gasteiger partial charge in [0.1, 0.15) is 6.61 Å². The van der Waals surface area contributed by atoms with E-state index in [9.17, 15) is 4.79 Å². The summed E-state index contributed by atoms with van der Waals surface area (Å²) >= 11 is 1.31. The first kappa shape index (κ1) is 14.3. The fraction of sp³-hybridized carbons (Fsp3) is 0.286. The molecule has 2 aromatic heterocycles. The molecule has 104 valence electrons. The maximum absolute atomic E-state index is 12.2. The van der Waals surface area contributed by atoms with E-state index in [-0.39, 0.29) is 12.5 Å². The number of aromatic amines is 1. The van der Waals surface area contributed by atoms with Gasteiger partial charge in [-0.05, 0) is 32.4 Å². The Bertz CT molecular complexity index is 684. The van der Waals surface area contributed by atoms with E-state index in [2.05, 4.69) is 27.4 Å². The maximum atomic E-state index is 12.2. The maximum Gasteiger partial charge on any atom is 0.265 e. The van der Waals surface area contributed by atoms with Crippen molar-refractivity contribution < 1.29 is 9.90 Å². The molecule has 0 radical (unpaired) electrons. The molecular weight excluding hydrogens is 274 g/mol. The van der Waals surface area contributed by atoms with E-state index >= 15 is 0 Å². The molecular formula is C14H15N3O2S. The second-order valence-corrected chi connectivity index (χ2v) is 5.40. The summed E-state index contributed by atoms with van der Waals surface area (Å²) in [6.45, 7) is 5.39. The van der Waals surface area contributed by atoms with Gasteiger partial charge in [0.05, 0.1) is 26.8 Å². The third-order valence-electron chi connectivity index (χ3n) is 2.79. The molecule has 0 aliphatic carbocycles. The van der Waals surface area contributed by atoms with Crippen LogP contribution in [-0.2, 0) is 0 Å². The Balaban J connectivity index is 2.22. The average molecular weight is 289 g/mol. The summed E-state index contributed by atoms with van der Waals surface area (Å²) < 4.78 is 0. The number of anilines is 1. The molecule has 0 aliphatic rings. The minimum atomic E-state index is -0.188. The molecule has 1 amide bonds. The van der Waals surface area contributed by atoms with Gasteiger partial charge in [0.25, 0.3) is 5.91 Å². The zero-order chi connectivity index (χ0) is 14.7. The van der Waals surface area contributed by atoms with Crippen molar-refractivity contribution in [1.82, 2.24) is 10.2 Å². The lowest BCUT2D eigenvalue weighted by Crippen LogP contribution is -2.11. The van der Waals surface area contributed by atoms with E-state index in [1.54, 1.807) is 6.07 Å². The topological polar surface area (TPSA) is 78.0 Å². The van der Waals surface area contributed by atoms with Crippen LogP contribution in [0.4, 0.5) is 5.69 Å². The van der Waals surface area contributed by atoms with E-state index in [4.69, 9.17) is 5.11 Å². The molecule has 5 nitrogen and oxygen atoms in total. The Hall–Kier alpha value is -2.10. The number of hydrogen-bond acceptors (Lipinski definition) is 4. The third kappa shape index (κ3) is 2.90. The van der Waals surface area contributed by atoms with Crippen molar-refractivity contribution in [3.05, 3.63) is 32.8 Å². The number of nitrogens with one attached hydrogen (secondary N) is 2. The van der Waals surface area contributed by atoms with Gasteiger partial charge in [-0.2, -0.15) is 5.10 Å². The van der Waals surface area contributed by atoms with E-state index < -0.39 is 0 Å². The predicted octanol–water partition coefficient (Wildman–Crippen LogP) is 1.99. The average Bonchev–Trinajstić information content (AvgIpc) is 2.94. The molecule has 0 atom stereocenters. The summed E-state index contributed by atoms with van der Waals surface area (Å²) in [7, 11) is 0. The first-order chi connectivity index (χ1) is 9.52. The van der Waals surface area contributed by atoms with Crippen molar-refractivity contribution in [2.75, 3.05) is 11.9 Å². The minimum Gasteiger partial charge on any atom is -0.384 e. The van der Waals surface area contributed by atoms with Crippen LogP contribution in [-0.4, -0.2) is 27.8 Å². The van der Waals surface area contributed by atoms with E-state index in [0.717, 1.165) is 21.8 Å². The molecule has 0 aliphatic heterocycles. The summed E-state index contributed by atoms with van der Waals surface area (Å²) in [5.41, 5.74) is 3.22. The summed E-state index contributed by atoms with van der Waals surface area (Å²) in [5.74, 6) is 5.25. The minimum absolute atomic E-state index is 0.178. The number of aryl methyl sites for hydroxylation is 3. The predicted molar refractivity (Wildman–Crippen MR) is 79.0 cm³/mol. The Labute approximate surface area is 121 Å². The fourth-order valence-corrected chi connectivity index (χ4v) is 2.69.